The Balaban J connectivity index is 2.09. The fourth-order valence-corrected chi connectivity index (χ4v) is 4.73. The molecule has 8 heteroatoms. The van der Waals surface area contributed by atoms with Crippen LogP contribution >= 0.6 is 11.3 Å². The van der Waals surface area contributed by atoms with Crippen molar-refractivity contribution in [2.75, 3.05) is 18.8 Å². The lowest BCUT2D eigenvalue weighted by atomic mass is 9.92. The molecule has 1 aliphatic rings. The highest BCUT2D eigenvalue weighted by atomic mass is 32.1. The number of aromatic nitrogens is 1. The first kappa shape index (κ1) is 18.0. The number of thiophene rings is 1. The molecule has 1 fully saturated rings. The molecular formula is C17H20F3N3OS. The number of piperidine rings is 1. The fourth-order valence-electron chi connectivity index (χ4n) is 3.60. The minimum absolute atomic E-state index is 0.115. The lowest BCUT2D eigenvalue weighted by Gasteiger charge is -2.34. The van der Waals surface area contributed by atoms with Crippen LogP contribution < -0.4 is 5.73 Å². The van der Waals surface area contributed by atoms with Gasteiger partial charge in [0.05, 0.1) is 11.3 Å². The molecule has 1 aliphatic heterocycles. The molecule has 3 rings (SSSR count). The van der Waals surface area contributed by atoms with E-state index in [9.17, 15) is 18.0 Å². The number of alkyl halides is 3. The molecule has 0 unspecified atom stereocenters. The van der Waals surface area contributed by atoms with Crippen molar-refractivity contribution in [2.45, 2.75) is 33.4 Å². The van der Waals surface area contributed by atoms with E-state index < -0.39 is 11.7 Å². The maximum Gasteiger partial charge on any atom is 0.417 e. The van der Waals surface area contributed by atoms with E-state index in [2.05, 4.69) is 18.8 Å². The van der Waals surface area contributed by atoms with E-state index in [1.807, 2.05) is 0 Å². The minimum Gasteiger partial charge on any atom is -0.397 e. The monoisotopic (exact) mass is 371 g/mol. The zero-order valence-corrected chi connectivity index (χ0v) is 15.1. The smallest absolute Gasteiger partial charge is 0.397 e. The third-order valence-corrected chi connectivity index (χ3v) is 5.57. The van der Waals surface area contributed by atoms with E-state index in [0.717, 1.165) is 23.8 Å². The van der Waals surface area contributed by atoms with E-state index in [1.165, 1.54) is 6.92 Å². The van der Waals surface area contributed by atoms with E-state index in [0.29, 0.717) is 24.9 Å². The van der Waals surface area contributed by atoms with Gasteiger partial charge < -0.3 is 10.6 Å². The van der Waals surface area contributed by atoms with Crippen LogP contribution in [-0.2, 0) is 6.18 Å². The number of halogens is 3. The van der Waals surface area contributed by atoms with Crippen molar-refractivity contribution in [1.29, 1.82) is 0 Å². The molecular weight excluding hydrogens is 351 g/mol. The Bertz CT molecular complexity index is 821. The lowest BCUT2D eigenvalue weighted by molar-refractivity contribution is -0.136. The highest BCUT2D eigenvalue weighted by molar-refractivity contribution is 7.21. The predicted octanol–water partition coefficient (Wildman–Crippen LogP) is 4.32. The number of nitrogen functional groups attached to an aromatic ring is 1. The van der Waals surface area contributed by atoms with Crippen molar-refractivity contribution in [3.05, 3.63) is 22.2 Å². The SMILES string of the molecule is Cc1cc(C(F)(F)F)c2c(N)c(C(=O)N3C[C@H](C)C[C@H](C)C3)sc2n1. The number of carbonyl (C=O) groups is 1. The summed E-state index contributed by atoms with van der Waals surface area (Å²) in [6.45, 7) is 6.82. The molecule has 2 atom stereocenters. The number of anilines is 1. The molecule has 2 aromatic heterocycles. The van der Waals surface area contributed by atoms with Gasteiger partial charge in [-0.25, -0.2) is 4.98 Å². The third kappa shape index (κ3) is 3.31. The van der Waals surface area contributed by atoms with Crippen molar-refractivity contribution in [1.82, 2.24) is 9.88 Å². The van der Waals surface area contributed by atoms with Gasteiger partial charge in [-0.2, -0.15) is 13.2 Å². The second-order valence-electron chi connectivity index (χ2n) is 6.99. The Hall–Kier alpha value is -1.83. The molecule has 1 amide bonds. The Labute approximate surface area is 147 Å². The number of fused-ring (bicyclic) bond motifs is 1. The summed E-state index contributed by atoms with van der Waals surface area (Å²) >= 11 is 0.945. The van der Waals surface area contributed by atoms with E-state index in [4.69, 9.17) is 5.73 Å². The summed E-state index contributed by atoms with van der Waals surface area (Å²) in [5, 5.41) is -0.162. The number of pyridine rings is 1. The number of aryl methyl sites for hydroxylation is 1. The average molecular weight is 371 g/mol. The number of likely N-dealkylation sites (tertiary alicyclic amines) is 1. The largest absolute Gasteiger partial charge is 0.417 e. The van der Waals surface area contributed by atoms with Crippen molar-refractivity contribution in [2.24, 2.45) is 11.8 Å². The summed E-state index contributed by atoms with van der Waals surface area (Å²) in [5.74, 6) is 0.411. The van der Waals surface area contributed by atoms with Crippen LogP contribution in [0.2, 0.25) is 0 Å². The van der Waals surface area contributed by atoms with Crippen molar-refractivity contribution in [3.8, 4) is 0 Å². The van der Waals surface area contributed by atoms with Gasteiger partial charge in [0.1, 0.15) is 9.71 Å². The molecule has 2 N–H and O–H groups in total. The molecule has 0 radical (unpaired) electrons. The van der Waals surface area contributed by atoms with Crippen LogP contribution in [0.5, 0.6) is 0 Å². The summed E-state index contributed by atoms with van der Waals surface area (Å²) in [5.41, 5.74) is 5.29. The summed E-state index contributed by atoms with van der Waals surface area (Å²) in [6, 6.07) is 0.977. The number of rotatable bonds is 1. The number of hydrogen-bond donors (Lipinski definition) is 1. The number of hydrogen-bond acceptors (Lipinski definition) is 4. The van der Waals surface area contributed by atoms with Crippen molar-refractivity contribution >= 4 is 33.1 Å². The highest BCUT2D eigenvalue weighted by Crippen LogP contribution is 2.42. The summed E-state index contributed by atoms with van der Waals surface area (Å²) in [4.78, 5) is 19.0. The Morgan fingerprint density at radius 3 is 2.48 bits per heavy atom. The third-order valence-electron chi connectivity index (χ3n) is 4.48. The summed E-state index contributed by atoms with van der Waals surface area (Å²) < 4.78 is 40.1. The van der Waals surface area contributed by atoms with Gasteiger partial charge >= 0.3 is 6.18 Å². The van der Waals surface area contributed by atoms with E-state index in [-0.39, 0.29) is 32.4 Å². The molecule has 0 aliphatic carbocycles. The van der Waals surface area contributed by atoms with Gasteiger partial charge in [-0.15, -0.1) is 11.3 Å². The van der Waals surface area contributed by atoms with Gasteiger partial charge in [-0.05, 0) is 31.2 Å². The quantitative estimate of drug-likeness (QED) is 0.812. The number of nitrogens with zero attached hydrogens (tertiary/aromatic N) is 2. The van der Waals surface area contributed by atoms with Crippen LogP contribution in [0.4, 0.5) is 18.9 Å². The van der Waals surface area contributed by atoms with Crippen LogP contribution in [-0.4, -0.2) is 28.9 Å². The van der Waals surface area contributed by atoms with Gasteiger partial charge in [0.25, 0.3) is 5.91 Å². The molecule has 25 heavy (non-hydrogen) atoms. The average Bonchev–Trinajstić information content (AvgIpc) is 2.80. The van der Waals surface area contributed by atoms with Crippen molar-refractivity contribution < 1.29 is 18.0 Å². The van der Waals surface area contributed by atoms with Gasteiger partial charge in [-0.3, -0.25) is 4.79 Å². The molecule has 0 saturated carbocycles. The van der Waals surface area contributed by atoms with Gasteiger partial charge in [0.2, 0.25) is 0 Å². The first-order valence-electron chi connectivity index (χ1n) is 8.14. The molecule has 3 heterocycles. The van der Waals surface area contributed by atoms with Crippen LogP contribution in [0.15, 0.2) is 6.07 Å². The molecule has 4 nitrogen and oxygen atoms in total. The van der Waals surface area contributed by atoms with E-state index >= 15 is 0 Å². The van der Waals surface area contributed by atoms with E-state index in [1.54, 1.807) is 4.90 Å². The predicted molar refractivity (Wildman–Crippen MR) is 92.6 cm³/mol. The first-order valence-corrected chi connectivity index (χ1v) is 8.95. The zero-order chi connectivity index (χ0) is 18.5. The van der Waals surface area contributed by atoms with Gasteiger partial charge in [0.15, 0.2) is 0 Å². The van der Waals surface area contributed by atoms with Gasteiger partial charge in [0, 0.05) is 24.2 Å². The molecule has 2 aromatic rings. The summed E-state index contributed by atoms with van der Waals surface area (Å²) in [6.07, 6.45) is -3.51. The van der Waals surface area contributed by atoms with Crippen LogP contribution in [0, 0.1) is 18.8 Å². The Morgan fingerprint density at radius 1 is 1.32 bits per heavy atom. The molecule has 0 aromatic carbocycles. The first-order chi connectivity index (χ1) is 11.6. The normalized spacial score (nSPS) is 21.8. The topological polar surface area (TPSA) is 59.2 Å². The minimum atomic E-state index is -4.55. The van der Waals surface area contributed by atoms with Crippen molar-refractivity contribution in [3.63, 3.8) is 0 Å². The van der Waals surface area contributed by atoms with Crippen LogP contribution in [0.25, 0.3) is 10.2 Å². The Kier molecular flexibility index (Phi) is 4.43. The fraction of sp³-hybridized carbons (Fsp3) is 0.529. The Morgan fingerprint density at radius 2 is 1.92 bits per heavy atom. The zero-order valence-electron chi connectivity index (χ0n) is 14.3. The van der Waals surface area contributed by atoms with Crippen LogP contribution in [0.1, 0.15) is 41.2 Å². The number of carbonyl (C=O) groups excluding carboxylic acids is 1. The molecule has 136 valence electrons. The second-order valence-corrected chi connectivity index (χ2v) is 7.99. The molecule has 0 bridgehead atoms. The molecule has 1 saturated heterocycles. The van der Waals surface area contributed by atoms with Crippen LogP contribution in [0.3, 0.4) is 0 Å². The number of nitrogens with two attached hydrogens (primary N) is 1. The lowest BCUT2D eigenvalue weighted by Crippen LogP contribution is -2.42. The maximum absolute atomic E-state index is 13.4. The number of amides is 1. The summed E-state index contributed by atoms with van der Waals surface area (Å²) in [7, 11) is 0. The molecule has 0 spiro atoms. The highest BCUT2D eigenvalue weighted by Gasteiger charge is 2.36. The standard InChI is InChI=1S/C17H20F3N3OS/c1-8-4-9(2)7-23(6-8)16(24)14-13(21)12-11(17(18,19)20)5-10(3)22-15(12)25-14/h5,8-9H,4,6-7,21H2,1-3H3/t8-,9+. The second kappa shape index (κ2) is 6.16. The van der Waals surface area contributed by atoms with Gasteiger partial charge in [-0.1, -0.05) is 13.8 Å². The maximum atomic E-state index is 13.4.